The van der Waals surface area contributed by atoms with E-state index >= 15 is 0 Å². The molecule has 0 radical (unpaired) electrons. The third-order valence-corrected chi connectivity index (χ3v) is 10.5. The van der Waals surface area contributed by atoms with Crippen LogP contribution in [0.5, 0.6) is 0 Å². The van der Waals surface area contributed by atoms with E-state index in [1.54, 1.807) is 24.3 Å². The Morgan fingerprint density at radius 3 is 1.39 bits per heavy atom. The van der Waals surface area contributed by atoms with Gasteiger partial charge in [0.25, 0.3) is 40.5 Å². The van der Waals surface area contributed by atoms with Crippen molar-refractivity contribution in [1.29, 1.82) is 0 Å². The van der Waals surface area contributed by atoms with Gasteiger partial charge < -0.3 is 9.97 Å². The molecule has 0 unspecified atom stereocenters. The molecule has 2 aliphatic rings. The lowest BCUT2D eigenvalue weighted by atomic mass is 10.0. The number of H-pyrrole nitrogens is 2. The van der Waals surface area contributed by atoms with Crippen molar-refractivity contribution in [1.82, 2.24) is 19.9 Å². The van der Waals surface area contributed by atoms with E-state index in [9.17, 15) is 51.9 Å². The van der Waals surface area contributed by atoms with Crippen molar-refractivity contribution in [2.75, 3.05) is 0 Å². The van der Waals surface area contributed by atoms with Gasteiger partial charge in [0.05, 0.1) is 11.4 Å². The number of hydrogen-bond acceptors (Lipinski definition) is 10. The first kappa shape index (κ1) is 31.4. The molecule has 3 aromatic heterocycles. The summed E-state index contributed by atoms with van der Waals surface area (Å²) >= 11 is 0. The van der Waals surface area contributed by atoms with Gasteiger partial charge in [0.2, 0.25) is 0 Å². The average molecular weight is 707 g/mol. The molecule has 6 N–H and O–H groups in total. The van der Waals surface area contributed by atoms with E-state index in [0.29, 0.717) is 11.0 Å². The van der Waals surface area contributed by atoms with Crippen molar-refractivity contribution in [3.63, 3.8) is 0 Å². The fourth-order valence-corrected chi connectivity index (χ4v) is 8.90. The number of fused-ring (bicyclic) bond motifs is 8. The normalized spacial score (nSPS) is 14.6. The molecule has 0 atom stereocenters. The van der Waals surface area contributed by atoms with Gasteiger partial charge >= 0.3 is 0 Å². The quantitative estimate of drug-likeness (QED) is 0.163. The van der Waals surface area contributed by atoms with Gasteiger partial charge in [-0.3, -0.25) is 18.2 Å². The number of rotatable bonds is 5. The third-order valence-electron chi connectivity index (χ3n) is 6.70. The highest BCUT2D eigenvalue weighted by Crippen LogP contribution is 2.45. The van der Waals surface area contributed by atoms with E-state index in [1.807, 2.05) is 0 Å². The maximum absolute atomic E-state index is 13.0. The Kier molecular flexibility index (Phi) is 7.18. The lowest BCUT2D eigenvalue weighted by Gasteiger charge is -2.09. The summed E-state index contributed by atoms with van der Waals surface area (Å²) < 4.78 is 144. The Bertz CT molecular complexity index is 2680. The zero-order valence-corrected chi connectivity index (χ0v) is 25.8. The maximum Gasteiger partial charge on any atom is 0.298 e. The van der Waals surface area contributed by atoms with Crippen LogP contribution in [0.4, 0.5) is 0 Å². The van der Waals surface area contributed by atoms with Crippen LogP contribution in [0.25, 0.3) is 42.4 Å². The van der Waals surface area contributed by atoms with Crippen molar-refractivity contribution in [3.05, 3.63) is 101 Å². The summed E-state index contributed by atoms with van der Waals surface area (Å²) in [6, 6.07) is 17.1. The first-order chi connectivity index (χ1) is 21.3. The summed E-state index contributed by atoms with van der Waals surface area (Å²) in [6.45, 7) is 0. The van der Waals surface area contributed by atoms with Gasteiger partial charge in [0, 0.05) is 27.6 Å². The van der Waals surface area contributed by atoms with Crippen LogP contribution in [-0.4, -0.2) is 71.8 Å². The number of aromatic amines is 2. The first-order valence-electron chi connectivity index (χ1n) is 12.5. The van der Waals surface area contributed by atoms with E-state index in [1.165, 1.54) is 42.5 Å². The van der Waals surface area contributed by atoms with E-state index in [2.05, 4.69) is 19.9 Å². The summed E-state index contributed by atoms with van der Waals surface area (Å²) in [6.07, 6.45) is 0. The molecule has 8 bridgehead atoms. The van der Waals surface area contributed by atoms with Gasteiger partial charge in [-0.15, -0.1) is 0 Å². The zero-order chi connectivity index (χ0) is 33.4. The molecule has 0 amide bonds. The van der Waals surface area contributed by atoms with Gasteiger partial charge in [-0.1, -0.05) is 30.3 Å². The Hall–Kier alpha value is -4.54. The monoisotopic (exact) mass is 706 g/mol. The van der Waals surface area contributed by atoms with Crippen molar-refractivity contribution in [2.24, 2.45) is 0 Å². The van der Waals surface area contributed by atoms with Crippen molar-refractivity contribution < 1.29 is 51.9 Å². The lowest BCUT2D eigenvalue weighted by molar-refractivity contribution is 0.481. The van der Waals surface area contributed by atoms with Crippen LogP contribution in [0, 0.1) is 0 Å². The fourth-order valence-electron chi connectivity index (χ4n) is 5.06. The Morgan fingerprint density at radius 2 is 0.913 bits per heavy atom. The topological polar surface area (TPSA) is 275 Å². The average Bonchev–Trinajstić information content (AvgIpc) is 3.69. The summed E-state index contributed by atoms with van der Waals surface area (Å²) in [5, 5.41) is 0. The lowest BCUT2D eigenvalue weighted by Crippen LogP contribution is -2.13. The molecule has 6 rings (SSSR count). The predicted octanol–water partition coefficient (Wildman–Crippen LogP) is 2.97. The number of nitrogens with zero attached hydrogens (tertiary/aromatic N) is 2. The van der Waals surface area contributed by atoms with Crippen LogP contribution in [0.3, 0.4) is 0 Å². The molecule has 0 fully saturated rings. The molecule has 0 saturated carbocycles. The molecule has 46 heavy (non-hydrogen) atoms. The maximum atomic E-state index is 13.0. The highest BCUT2D eigenvalue weighted by molar-refractivity contribution is 8.01. The molecule has 16 nitrogen and oxygen atoms in total. The van der Waals surface area contributed by atoms with Crippen LogP contribution in [0.15, 0.2) is 77.7 Å². The first-order valence-corrected chi connectivity index (χ1v) is 18.2. The minimum Gasteiger partial charge on any atom is -0.355 e. The van der Waals surface area contributed by atoms with Crippen LogP contribution >= 0.6 is 0 Å². The van der Waals surface area contributed by atoms with E-state index < -0.39 is 82.7 Å². The summed E-state index contributed by atoms with van der Waals surface area (Å²) in [5.74, 6) is 0. The molecule has 238 valence electrons. The van der Waals surface area contributed by atoms with Gasteiger partial charge in [0.1, 0.15) is 31.0 Å². The van der Waals surface area contributed by atoms with Gasteiger partial charge in [0.15, 0.2) is 0 Å². The van der Waals surface area contributed by atoms with Crippen LogP contribution in [0.2, 0.25) is 0 Å². The molecule has 1 aromatic carbocycles. The summed E-state index contributed by atoms with van der Waals surface area (Å²) in [7, 11) is -22.9. The van der Waals surface area contributed by atoms with Gasteiger partial charge in [-0.25, -0.2) is 9.97 Å². The van der Waals surface area contributed by atoms with Gasteiger partial charge in [-0.05, 0) is 48.0 Å². The second kappa shape index (κ2) is 10.5. The third kappa shape index (κ3) is 5.67. The largest absolute Gasteiger partial charge is 0.355 e. The summed E-state index contributed by atoms with van der Waals surface area (Å²) in [5.41, 5.74) is -3.18. The van der Waals surface area contributed by atoms with E-state index in [4.69, 9.17) is 0 Å². The smallest absolute Gasteiger partial charge is 0.298 e. The summed E-state index contributed by atoms with van der Waals surface area (Å²) in [4.78, 5) is 7.33. The second-order valence-corrected chi connectivity index (χ2v) is 15.3. The number of nitrogens with one attached hydrogen (secondary N) is 2. The molecule has 0 aliphatic carbocycles. The molecular weight excluding hydrogens is 689 g/mol. The van der Waals surface area contributed by atoms with Crippen molar-refractivity contribution in [3.8, 4) is 0 Å². The molecule has 4 aromatic rings. The molecule has 2 aliphatic heterocycles. The number of aromatic nitrogens is 4. The highest BCUT2D eigenvalue weighted by Gasteiger charge is 2.43. The molecule has 20 heteroatoms. The fraction of sp³-hybridized carbons (Fsp3) is 0. The minimum atomic E-state index is -5.88. The Balaban J connectivity index is 1.99. The van der Waals surface area contributed by atoms with Gasteiger partial charge in [-0.2, -0.15) is 33.7 Å². The predicted molar refractivity (Wildman–Crippen MR) is 165 cm³/mol. The molecular formula is C26H18N4O12S4. The zero-order valence-electron chi connectivity index (χ0n) is 22.5. The van der Waals surface area contributed by atoms with Crippen LogP contribution in [0.1, 0.15) is 28.3 Å². The molecule has 0 saturated heterocycles. The van der Waals surface area contributed by atoms with Crippen molar-refractivity contribution in [2.45, 2.75) is 4.90 Å². The highest BCUT2D eigenvalue weighted by atomic mass is 32.2. The molecule has 5 heterocycles. The standard InChI is InChI=1S/C26H18N4O12S4/c31-43(32,33)23-19-12-17-9-7-15(28-17)10-14-6-8-16(27-14)11-18-20(13-4-2-1-3-5-13)24(44(34,35)36)21(29-18)25(45(37,38)39)22(30-19)26(23)46(40,41)42/h1-12,27-28H,(H,31,32,33)(H,34,35,36)(H,37,38,39)(H,40,41,42). The Morgan fingerprint density at radius 1 is 0.478 bits per heavy atom. The van der Waals surface area contributed by atoms with Crippen molar-refractivity contribution >= 4 is 82.8 Å². The minimum absolute atomic E-state index is 0.0413. The molecule has 0 spiro atoms. The SMILES string of the molecule is O=S(=O)(O)C1=C(S(=O)(=O)O)c2nc1cc1ccc(cc3ccc(cc4nc(c2S(=O)(=O)O)C(S(=O)(=O)O)=C4c2ccccc2)[nH]3)[nH]1. The number of benzene rings is 1. The number of hydrogen-bond donors (Lipinski definition) is 6. The van der Waals surface area contributed by atoms with E-state index in [0.717, 1.165) is 6.07 Å². The second-order valence-electron chi connectivity index (χ2n) is 9.82. The van der Waals surface area contributed by atoms with E-state index in [-0.39, 0.29) is 22.3 Å². The Labute approximate surface area is 259 Å². The van der Waals surface area contributed by atoms with Crippen LogP contribution < -0.4 is 0 Å². The van der Waals surface area contributed by atoms with Crippen LogP contribution in [-0.2, 0) is 40.5 Å².